The number of nitrogens with zero attached hydrogens (tertiary/aromatic N) is 2. The van der Waals surface area contributed by atoms with Crippen molar-refractivity contribution in [2.75, 3.05) is 6.61 Å². The molecule has 1 fully saturated rings. The lowest BCUT2D eigenvalue weighted by atomic mass is 9.95. The minimum absolute atomic E-state index is 0.155. The molecule has 0 unspecified atom stereocenters. The first-order valence-corrected chi connectivity index (χ1v) is 14.4. The normalized spacial score (nSPS) is 17.4. The molecule has 2 aliphatic rings. The SMILES string of the molecule is CCOC(=O)c1c(-n2c(C)cc(/C=C3\SC(=Nc4ccc(CC)cc4)NC3=O)c2C)sc2c1CCCC2. The van der Waals surface area contributed by atoms with Crippen LogP contribution in [0.15, 0.2) is 40.2 Å². The fourth-order valence-electron chi connectivity index (χ4n) is 4.91. The summed E-state index contributed by atoms with van der Waals surface area (Å²) in [6.45, 7) is 8.39. The van der Waals surface area contributed by atoms with Crippen molar-refractivity contribution >= 4 is 51.9 Å². The first kappa shape index (κ1) is 25.5. The van der Waals surface area contributed by atoms with Crippen molar-refractivity contribution < 1.29 is 14.3 Å². The third-order valence-electron chi connectivity index (χ3n) is 6.82. The van der Waals surface area contributed by atoms with Crippen LogP contribution in [0.1, 0.15) is 70.0 Å². The van der Waals surface area contributed by atoms with E-state index in [4.69, 9.17) is 4.74 Å². The number of aromatic nitrogens is 1. The van der Waals surface area contributed by atoms with Gasteiger partial charge in [-0.1, -0.05) is 19.1 Å². The Morgan fingerprint density at radius 3 is 2.65 bits per heavy atom. The Morgan fingerprint density at radius 1 is 1.16 bits per heavy atom. The van der Waals surface area contributed by atoms with Gasteiger partial charge in [-0.2, -0.15) is 0 Å². The van der Waals surface area contributed by atoms with E-state index in [1.54, 1.807) is 11.3 Å². The molecule has 192 valence electrons. The number of esters is 1. The molecule has 0 atom stereocenters. The van der Waals surface area contributed by atoms with Crippen molar-refractivity contribution in [1.82, 2.24) is 9.88 Å². The van der Waals surface area contributed by atoms with Gasteiger partial charge in [-0.05, 0) is 106 Å². The largest absolute Gasteiger partial charge is 0.462 e. The molecule has 5 rings (SSSR count). The third kappa shape index (κ3) is 5.05. The number of aliphatic imine (C=N–C) groups is 1. The highest BCUT2D eigenvalue weighted by atomic mass is 32.2. The number of thiophene rings is 1. The fourth-order valence-corrected chi connectivity index (χ4v) is 7.23. The number of amidine groups is 1. The smallest absolute Gasteiger partial charge is 0.341 e. The first-order chi connectivity index (χ1) is 17.9. The van der Waals surface area contributed by atoms with Crippen molar-refractivity contribution in [3.63, 3.8) is 0 Å². The predicted molar refractivity (Wildman–Crippen MR) is 152 cm³/mol. The molecule has 2 aromatic heterocycles. The highest BCUT2D eigenvalue weighted by Gasteiger charge is 2.29. The topological polar surface area (TPSA) is 72.7 Å². The first-order valence-electron chi connectivity index (χ1n) is 12.8. The summed E-state index contributed by atoms with van der Waals surface area (Å²) in [6.07, 6.45) is 7.05. The Labute approximate surface area is 225 Å². The molecule has 8 heteroatoms. The predicted octanol–water partition coefficient (Wildman–Crippen LogP) is 6.67. The van der Waals surface area contributed by atoms with E-state index in [1.165, 1.54) is 22.2 Å². The highest BCUT2D eigenvalue weighted by Crippen LogP contribution is 2.40. The van der Waals surface area contributed by atoms with Crippen molar-refractivity contribution in [2.45, 2.75) is 59.8 Å². The van der Waals surface area contributed by atoms with Gasteiger partial charge >= 0.3 is 5.97 Å². The minimum atomic E-state index is -0.247. The molecule has 1 aliphatic heterocycles. The lowest BCUT2D eigenvalue weighted by molar-refractivity contribution is -0.115. The number of hydrogen-bond donors (Lipinski definition) is 1. The van der Waals surface area contributed by atoms with E-state index in [0.717, 1.165) is 65.3 Å². The van der Waals surface area contributed by atoms with Gasteiger partial charge in [-0.25, -0.2) is 9.79 Å². The Balaban J connectivity index is 1.48. The van der Waals surface area contributed by atoms with Crippen LogP contribution in [0.4, 0.5) is 5.69 Å². The molecule has 1 amide bonds. The molecule has 0 saturated carbocycles. The van der Waals surface area contributed by atoms with E-state index in [2.05, 4.69) is 40.0 Å². The van der Waals surface area contributed by atoms with Crippen molar-refractivity contribution in [2.24, 2.45) is 4.99 Å². The molecule has 1 aliphatic carbocycles. The molecule has 1 N–H and O–H groups in total. The Morgan fingerprint density at radius 2 is 1.92 bits per heavy atom. The van der Waals surface area contributed by atoms with Crippen LogP contribution in [-0.2, 0) is 28.8 Å². The number of thioether (sulfide) groups is 1. The van der Waals surface area contributed by atoms with Gasteiger partial charge in [0.2, 0.25) is 0 Å². The van der Waals surface area contributed by atoms with Gasteiger partial charge in [0.25, 0.3) is 5.91 Å². The number of nitrogens with one attached hydrogen (secondary N) is 1. The minimum Gasteiger partial charge on any atom is -0.462 e. The lowest BCUT2D eigenvalue weighted by Crippen LogP contribution is -2.19. The molecule has 0 bridgehead atoms. The zero-order valence-electron chi connectivity index (χ0n) is 21.6. The van der Waals surface area contributed by atoms with Crippen LogP contribution in [0.2, 0.25) is 0 Å². The van der Waals surface area contributed by atoms with Gasteiger partial charge in [0, 0.05) is 16.3 Å². The van der Waals surface area contributed by atoms with Gasteiger partial charge in [-0.15, -0.1) is 11.3 Å². The van der Waals surface area contributed by atoms with E-state index >= 15 is 0 Å². The molecular formula is C29H31N3O3S2. The molecule has 1 saturated heterocycles. The summed E-state index contributed by atoms with van der Waals surface area (Å²) >= 11 is 3.04. The number of benzene rings is 1. The summed E-state index contributed by atoms with van der Waals surface area (Å²) in [7, 11) is 0. The zero-order valence-corrected chi connectivity index (χ0v) is 23.3. The molecule has 0 radical (unpaired) electrons. The Kier molecular flexibility index (Phi) is 7.40. The number of ether oxygens (including phenoxy) is 1. The number of amides is 1. The zero-order chi connectivity index (χ0) is 26.1. The number of carbonyl (C=O) groups excluding carboxylic acids is 2. The van der Waals surface area contributed by atoms with Crippen LogP contribution in [0.5, 0.6) is 0 Å². The van der Waals surface area contributed by atoms with Crippen LogP contribution < -0.4 is 5.32 Å². The Bertz CT molecular complexity index is 1430. The van der Waals surface area contributed by atoms with Crippen LogP contribution in [0.3, 0.4) is 0 Å². The van der Waals surface area contributed by atoms with Crippen LogP contribution in [0.25, 0.3) is 11.1 Å². The standard InChI is InChI=1S/C29H31N3O3S2/c1-5-19-11-13-21(14-12-19)30-29-31-26(33)24(37-29)16-20-15-17(3)32(18(20)4)27-25(28(34)35-6-2)22-9-7-8-10-23(22)36-27/h11-16H,5-10H2,1-4H3,(H,30,31,33)/b24-16-. The number of hydrogen-bond acceptors (Lipinski definition) is 6. The van der Waals surface area contributed by atoms with Crippen LogP contribution >= 0.6 is 23.1 Å². The molecule has 3 heterocycles. The molecule has 6 nitrogen and oxygen atoms in total. The van der Waals surface area contributed by atoms with E-state index in [9.17, 15) is 9.59 Å². The number of rotatable bonds is 6. The summed E-state index contributed by atoms with van der Waals surface area (Å²) < 4.78 is 7.61. The van der Waals surface area contributed by atoms with Gasteiger partial charge in [-0.3, -0.25) is 4.79 Å². The summed E-state index contributed by atoms with van der Waals surface area (Å²) in [5.74, 6) is -0.402. The van der Waals surface area contributed by atoms with Gasteiger partial charge < -0.3 is 14.6 Å². The second-order valence-electron chi connectivity index (χ2n) is 9.28. The quantitative estimate of drug-likeness (QED) is 0.284. The maximum absolute atomic E-state index is 13.0. The van der Waals surface area contributed by atoms with Crippen molar-refractivity contribution in [3.8, 4) is 5.00 Å². The van der Waals surface area contributed by atoms with Crippen molar-refractivity contribution in [3.05, 3.63) is 73.8 Å². The lowest BCUT2D eigenvalue weighted by Gasteiger charge is -2.13. The van der Waals surface area contributed by atoms with Gasteiger partial charge in [0.05, 0.1) is 22.8 Å². The van der Waals surface area contributed by atoms with Crippen molar-refractivity contribution in [1.29, 1.82) is 0 Å². The summed E-state index contributed by atoms with van der Waals surface area (Å²) in [4.78, 5) is 32.3. The van der Waals surface area contributed by atoms with Crippen LogP contribution in [0, 0.1) is 13.8 Å². The average Bonchev–Trinajstić information content (AvgIpc) is 3.52. The molecule has 3 aromatic rings. The second-order valence-corrected chi connectivity index (χ2v) is 11.4. The maximum Gasteiger partial charge on any atom is 0.341 e. The fraction of sp³-hybridized carbons (Fsp3) is 0.345. The highest BCUT2D eigenvalue weighted by molar-refractivity contribution is 8.18. The van der Waals surface area contributed by atoms with Gasteiger partial charge in [0.15, 0.2) is 5.17 Å². The summed E-state index contributed by atoms with van der Waals surface area (Å²) in [6, 6.07) is 10.1. The van der Waals surface area contributed by atoms with E-state index in [-0.39, 0.29) is 11.9 Å². The number of fused-ring (bicyclic) bond motifs is 1. The molecular weight excluding hydrogens is 502 g/mol. The van der Waals surface area contributed by atoms with Crippen LogP contribution in [-0.4, -0.2) is 28.2 Å². The third-order valence-corrected chi connectivity index (χ3v) is 9.01. The summed E-state index contributed by atoms with van der Waals surface area (Å²) in [5, 5.41) is 4.38. The molecule has 37 heavy (non-hydrogen) atoms. The van der Waals surface area contributed by atoms with E-state index in [1.807, 2.05) is 39.0 Å². The Hall–Kier alpha value is -3.10. The molecule has 1 aromatic carbocycles. The second kappa shape index (κ2) is 10.7. The average molecular weight is 534 g/mol. The monoisotopic (exact) mass is 533 g/mol. The van der Waals surface area contributed by atoms with E-state index in [0.29, 0.717) is 22.2 Å². The maximum atomic E-state index is 13.0. The van der Waals surface area contributed by atoms with E-state index < -0.39 is 0 Å². The number of carbonyl (C=O) groups is 2. The summed E-state index contributed by atoms with van der Waals surface area (Å²) in [5.41, 5.74) is 6.87. The number of aryl methyl sites for hydroxylation is 3. The molecule has 0 spiro atoms. The van der Waals surface area contributed by atoms with Gasteiger partial charge in [0.1, 0.15) is 5.00 Å².